The van der Waals surface area contributed by atoms with E-state index in [1.165, 1.54) is 4.90 Å². The van der Waals surface area contributed by atoms with Crippen LogP contribution in [0.5, 0.6) is 5.75 Å². The number of aromatic nitrogens is 1. The first-order valence-electron chi connectivity index (χ1n) is 11.8. The summed E-state index contributed by atoms with van der Waals surface area (Å²) in [4.78, 5) is 56.0. The predicted molar refractivity (Wildman–Crippen MR) is 131 cm³/mol. The standard InChI is InChI=1S/C26H27N5O5/c1-36-21-8-4-7-18-17(21)12-20(29-18)26(35)31-13-15-5-2-3-6-16(15)22(31)25(34)30-19(23(27)32)11-14-9-10-28-24(14)33/h2-8,12,14,19,22,29H,9-11,13H2,1H3,(H2,27,32)(H,28,33)(H,30,34). The Balaban J connectivity index is 1.44. The molecule has 3 heterocycles. The number of amides is 4. The molecule has 36 heavy (non-hydrogen) atoms. The van der Waals surface area contributed by atoms with Gasteiger partial charge in [0.2, 0.25) is 17.7 Å². The molecule has 2 aliphatic rings. The molecule has 0 spiro atoms. The number of fused-ring (bicyclic) bond motifs is 2. The van der Waals surface area contributed by atoms with Gasteiger partial charge < -0.3 is 31.0 Å². The van der Waals surface area contributed by atoms with E-state index in [0.717, 1.165) is 16.5 Å². The van der Waals surface area contributed by atoms with Crippen molar-refractivity contribution in [3.05, 3.63) is 65.4 Å². The molecule has 2 aromatic carbocycles. The lowest BCUT2D eigenvalue weighted by Gasteiger charge is -2.26. The van der Waals surface area contributed by atoms with Crippen molar-refractivity contribution in [1.29, 1.82) is 0 Å². The third-order valence-electron chi connectivity index (χ3n) is 6.93. The zero-order valence-electron chi connectivity index (χ0n) is 19.7. The summed E-state index contributed by atoms with van der Waals surface area (Å²) in [5.41, 5.74) is 8.14. The van der Waals surface area contributed by atoms with Crippen molar-refractivity contribution in [2.75, 3.05) is 13.7 Å². The number of ether oxygens (including phenoxy) is 1. The van der Waals surface area contributed by atoms with Crippen molar-refractivity contribution >= 4 is 34.5 Å². The zero-order valence-corrected chi connectivity index (χ0v) is 19.7. The molecule has 186 valence electrons. The predicted octanol–water partition coefficient (Wildman–Crippen LogP) is 1.37. The molecule has 5 rings (SSSR count). The maximum Gasteiger partial charge on any atom is 0.271 e. The number of methoxy groups -OCH3 is 1. The number of carbonyl (C=O) groups is 4. The van der Waals surface area contributed by atoms with Gasteiger partial charge in [-0.1, -0.05) is 30.3 Å². The van der Waals surface area contributed by atoms with Gasteiger partial charge in [0.15, 0.2) is 0 Å². The molecule has 0 saturated carbocycles. The lowest BCUT2D eigenvalue weighted by molar-refractivity contribution is -0.131. The number of rotatable bonds is 7. The van der Waals surface area contributed by atoms with Crippen molar-refractivity contribution in [2.24, 2.45) is 11.7 Å². The first-order chi connectivity index (χ1) is 17.4. The van der Waals surface area contributed by atoms with Gasteiger partial charge in [-0.2, -0.15) is 0 Å². The van der Waals surface area contributed by atoms with E-state index < -0.39 is 29.8 Å². The summed E-state index contributed by atoms with van der Waals surface area (Å²) in [5, 5.41) is 6.19. The first kappa shape index (κ1) is 23.4. The van der Waals surface area contributed by atoms with Crippen molar-refractivity contribution in [2.45, 2.75) is 31.5 Å². The van der Waals surface area contributed by atoms with Crippen molar-refractivity contribution in [1.82, 2.24) is 20.5 Å². The van der Waals surface area contributed by atoms with Crippen LogP contribution in [0.1, 0.15) is 40.5 Å². The molecule has 2 aliphatic heterocycles. The number of H-pyrrole nitrogens is 1. The van der Waals surface area contributed by atoms with Crippen LogP contribution in [0.2, 0.25) is 0 Å². The molecule has 3 atom stereocenters. The fourth-order valence-electron chi connectivity index (χ4n) is 5.09. The normalized spacial score (nSPS) is 19.6. The number of aromatic amines is 1. The van der Waals surface area contributed by atoms with Gasteiger partial charge in [-0.25, -0.2) is 0 Å². The number of hydrogen-bond donors (Lipinski definition) is 4. The average molecular weight is 490 g/mol. The Kier molecular flexibility index (Phi) is 6.09. The first-order valence-corrected chi connectivity index (χ1v) is 11.8. The number of nitrogens with two attached hydrogens (primary N) is 1. The van der Waals surface area contributed by atoms with Gasteiger partial charge in [0, 0.05) is 29.9 Å². The summed E-state index contributed by atoms with van der Waals surface area (Å²) < 4.78 is 5.40. The van der Waals surface area contributed by atoms with Crippen LogP contribution >= 0.6 is 0 Å². The van der Waals surface area contributed by atoms with Crippen LogP contribution in [0.15, 0.2) is 48.5 Å². The molecule has 1 fully saturated rings. The minimum absolute atomic E-state index is 0.108. The molecule has 10 heteroatoms. The van der Waals surface area contributed by atoms with E-state index in [1.54, 1.807) is 31.4 Å². The van der Waals surface area contributed by atoms with E-state index in [2.05, 4.69) is 15.6 Å². The third kappa shape index (κ3) is 4.15. The largest absolute Gasteiger partial charge is 0.496 e. The zero-order chi connectivity index (χ0) is 25.4. The van der Waals surface area contributed by atoms with Crippen LogP contribution in [-0.4, -0.2) is 53.2 Å². The van der Waals surface area contributed by atoms with Gasteiger partial charge in [0.25, 0.3) is 5.91 Å². The van der Waals surface area contributed by atoms with Gasteiger partial charge >= 0.3 is 0 Å². The van der Waals surface area contributed by atoms with Gasteiger partial charge in [-0.15, -0.1) is 0 Å². The van der Waals surface area contributed by atoms with E-state index in [4.69, 9.17) is 10.5 Å². The molecule has 1 aromatic heterocycles. The second-order valence-electron chi connectivity index (χ2n) is 9.11. The van der Waals surface area contributed by atoms with Gasteiger partial charge in [0.05, 0.1) is 7.11 Å². The highest BCUT2D eigenvalue weighted by molar-refractivity contribution is 6.02. The maximum atomic E-state index is 13.7. The van der Waals surface area contributed by atoms with Gasteiger partial charge in [0.1, 0.15) is 23.5 Å². The fourth-order valence-corrected chi connectivity index (χ4v) is 5.09. The van der Waals surface area contributed by atoms with Crippen molar-refractivity contribution < 1.29 is 23.9 Å². The summed E-state index contributed by atoms with van der Waals surface area (Å²) in [6.07, 6.45) is 0.677. The van der Waals surface area contributed by atoms with Crippen molar-refractivity contribution in [3.8, 4) is 5.75 Å². The van der Waals surface area contributed by atoms with Crippen LogP contribution in [0.25, 0.3) is 10.9 Å². The summed E-state index contributed by atoms with van der Waals surface area (Å²) in [6.45, 7) is 0.752. The smallest absolute Gasteiger partial charge is 0.271 e. The highest BCUT2D eigenvalue weighted by atomic mass is 16.5. The monoisotopic (exact) mass is 489 g/mol. The number of nitrogens with zero attached hydrogens (tertiary/aromatic N) is 1. The lowest BCUT2D eigenvalue weighted by atomic mass is 9.97. The number of carbonyl (C=O) groups excluding carboxylic acids is 4. The topological polar surface area (TPSA) is 147 Å². The molecule has 3 unspecified atom stereocenters. The van der Waals surface area contributed by atoms with Crippen LogP contribution in [0.3, 0.4) is 0 Å². The minimum atomic E-state index is -1.03. The van der Waals surface area contributed by atoms with Crippen LogP contribution in [0, 0.1) is 5.92 Å². The Labute approximate surface area is 207 Å². The van der Waals surface area contributed by atoms with E-state index in [-0.39, 0.29) is 24.8 Å². The highest BCUT2D eigenvalue weighted by Gasteiger charge is 2.41. The van der Waals surface area contributed by atoms with Crippen molar-refractivity contribution in [3.63, 3.8) is 0 Å². The maximum absolute atomic E-state index is 13.7. The molecule has 0 radical (unpaired) electrons. The summed E-state index contributed by atoms with van der Waals surface area (Å²) in [5.74, 6) is -1.55. The van der Waals surface area contributed by atoms with Crippen LogP contribution < -0.4 is 21.1 Å². The number of benzene rings is 2. The van der Waals surface area contributed by atoms with E-state index in [0.29, 0.717) is 30.0 Å². The molecular weight excluding hydrogens is 462 g/mol. The Morgan fingerprint density at radius 1 is 1.19 bits per heavy atom. The molecule has 1 saturated heterocycles. The number of primary amides is 1. The molecule has 10 nitrogen and oxygen atoms in total. The molecule has 4 amide bonds. The minimum Gasteiger partial charge on any atom is -0.496 e. The lowest BCUT2D eigenvalue weighted by Crippen LogP contribution is -2.50. The Morgan fingerprint density at radius 3 is 2.72 bits per heavy atom. The Morgan fingerprint density at radius 2 is 2.00 bits per heavy atom. The second-order valence-corrected chi connectivity index (χ2v) is 9.11. The molecule has 5 N–H and O–H groups in total. The SMILES string of the molecule is COc1cccc2[nH]c(C(=O)N3Cc4ccccc4C3C(=O)NC(CC3CCNC3=O)C(N)=O)cc12. The summed E-state index contributed by atoms with van der Waals surface area (Å²) in [6, 6.07) is 12.5. The van der Waals surface area contributed by atoms with E-state index in [1.807, 2.05) is 24.3 Å². The molecule has 3 aromatic rings. The molecule has 0 aliphatic carbocycles. The Hall–Kier alpha value is -4.34. The second kappa shape index (κ2) is 9.37. The van der Waals surface area contributed by atoms with Gasteiger partial charge in [-0.3, -0.25) is 19.2 Å². The van der Waals surface area contributed by atoms with E-state index >= 15 is 0 Å². The van der Waals surface area contributed by atoms with E-state index in [9.17, 15) is 19.2 Å². The van der Waals surface area contributed by atoms with Crippen LogP contribution in [-0.2, 0) is 20.9 Å². The Bertz CT molecular complexity index is 1370. The average Bonchev–Trinajstić information content (AvgIpc) is 3.59. The number of hydrogen-bond acceptors (Lipinski definition) is 5. The quantitative estimate of drug-likeness (QED) is 0.396. The summed E-state index contributed by atoms with van der Waals surface area (Å²) >= 11 is 0. The molecule has 0 bridgehead atoms. The fraction of sp³-hybridized carbons (Fsp3) is 0.308. The van der Waals surface area contributed by atoms with Crippen LogP contribution in [0.4, 0.5) is 0 Å². The van der Waals surface area contributed by atoms with Gasteiger partial charge in [-0.05, 0) is 42.2 Å². The number of nitrogens with one attached hydrogen (secondary N) is 3. The highest BCUT2D eigenvalue weighted by Crippen LogP contribution is 2.36. The summed E-state index contributed by atoms with van der Waals surface area (Å²) in [7, 11) is 1.56. The third-order valence-corrected chi connectivity index (χ3v) is 6.93. The molecular formula is C26H27N5O5.